The van der Waals surface area contributed by atoms with E-state index < -0.39 is 5.97 Å². The number of carboxylic acid groups (broad SMARTS) is 1. The minimum atomic E-state index is -0.692. The van der Waals surface area contributed by atoms with Crippen LogP contribution in [0.2, 0.25) is 0 Å². The van der Waals surface area contributed by atoms with Crippen LogP contribution in [-0.4, -0.2) is 34.0 Å². The molecule has 1 saturated carbocycles. The Kier molecular flexibility index (Phi) is 4.51. The Hall–Kier alpha value is -1.06. The normalized spacial score (nSPS) is 33.7. The zero-order chi connectivity index (χ0) is 14.8. The third-order valence-corrected chi connectivity index (χ3v) is 5.75. The Labute approximate surface area is 126 Å². The van der Waals surface area contributed by atoms with Crippen molar-refractivity contribution in [3.63, 3.8) is 0 Å². The maximum Gasteiger partial charge on any atom is 0.303 e. The molecule has 2 saturated heterocycles. The van der Waals surface area contributed by atoms with Crippen molar-refractivity contribution in [1.29, 1.82) is 0 Å². The summed E-state index contributed by atoms with van der Waals surface area (Å²) in [6.45, 7) is 0. The average Bonchev–Trinajstić information content (AvgIpc) is 2.65. The molecule has 4 heteroatoms. The van der Waals surface area contributed by atoms with Crippen molar-refractivity contribution >= 4 is 11.9 Å². The lowest BCUT2D eigenvalue weighted by atomic mass is 9.86. The number of rotatable bonds is 3. The smallest absolute Gasteiger partial charge is 0.303 e. The van der Waals surface area contributed by atoms with Crippen LogP contribution in [-0.2, 0) is 9.59 Å². The van der Waals surface area contributed by atoms with Gasteiger partial charge in [0.05, 0.1) is 0 Å². The zero-order valence-corrected chi connectivity index (χ0v) is 12.8. The van der Waals surface area contributed by atoms with Gasteiger partial charge < -0.3 is 10.0 Å². The van der Waals surface area contributed by atoms with Crippen LogP contribution in [0.25, 0.3) is 0 Å². The second-order valence-electron chi connectivity index (χ2n) is 7.25. The quantitative estimate of drug-likeness (QED) is 0.813. The van der Waals surface area contributed by atoms with Crippen molar-refractivity contribution in [3.8, 4) is 0 Å². The van der Waals surface area contributed by atoms with E-state index in [0.717, 1.165) is 38.5 Å². The summed E-state index contributed by atoms with van der Waals surface area (Å²) in [7, 11) is 0. The van der Waals surface area contributed by atoms with Crippen LogP contribution < -0.4 is 0 Å². The van der Waals surface area contributed by atoms with Crippen molar-refractivity contribution in [2.45, 2.75) is 82.7 Å². The highest BCUT2D eigenvalue weighted by molar-refractivity contribution is 5.80. The summed E-state index contributed by atoms with van der Waals surface area (Å²) in [6, 6.07) is 0.646. The second kappa shape index (κ2) is 6.37. The minimum Gasteiger partial charge on any atom is -0.481 e. The molecule has 2 heterocycles. The van der Waals surface area contributed by atoms with Crippen LogP contribution in [0.4, 0.5) is 0 Å². The van der Waals surface area contributed by atoms with Gasteiger partial charge in [-0.3, -0.25) is 9.59 Å². The number of hydrogen-bond donors (Lipinski definition) is 1. The number of carbonyl (C=O) groups is 2. The predicted molar refractivity (Wildman–Crippen MR) is 79.8 cm³/mol. The summed E-state index contributed by atoms with van der Waals surface area (Å²) in [6.07, 6.45) is 11.3. The summed E-state index contributed by atoms with van der Waals surface area (Å²) in [5.41, 5.74) is 0. The molecule has 2 unspecified atom stereocenters. The molecule has 2 bridgehead atoms. The molecule has 118 valence electrons. The maximum absolute atomic E-state index is 12.9. The van der Waals surface area contributed by atoms with E-state index in [0.29, 0.717) is 18.0 Å². The van der Waals surface area contributed by atoms with Gasteiger partial charge in [-0.1, -0.05) is 25.7 Å². The fourth-order valence-corrected chi connectivity index (χ4v) is 4.80. The Balaban J connectivity index is 1.64. The van der Waals surface area contributed by atoms with E-state index >= 15 is 0 Å². The largest absolute Gasteiger partial charge is 0.481 e. The Morgan fingerprint density at radius 2 is 1.48 bits per heavy atom. The topological polar surface area (TPSA) is 57.6 Å². The summed E-state index contributed by atoms with van der Waals surface area (Å²) < 4.78 is 0. The van der Waals surface area contributed by atoms with E-state index in [-0.39, 0.29) is 18.3 Å². The molecule has 0 aromatic heterocycles. The Morgan fingerprint density at radius 1 is 0.905 bits per heavy atom. The standard InChI is InChI=1S/C17H27NO3/c19-16(20)11-12-9-14-7-8-15(10-12)18(14)17(21)13-5-3-1-2-4-6-13/h12-15H,1-11H2,(H,19,20). The van der Waals surface area contributed by atoms with E-state index in [1.807, 2.05) is 0 Å². The first-order chi connectivity index (χ1) is 10.1. The first-order valence-corrected chi connectivity index (χ1v) is 8.69. The first-order valence-electron chi connectivity index (χ1n) is 8.69. The van der Waals surface area contributed by atoms with E-state index in [4.69, 9.17) is 5.11 Å². The van der Waals surface area contributed by atoms with Crippen LogP contribution in [0.5, 0.6) is 0 Å². The highest BCUT2D eigenvalue weighted by atomic mass is 16.4. The number of fused-ring (bicyclic) bond motifs is 2. The first kappa shape index (κ1) is 14.9. The number of hydrogen-bond acceptors (Lipinski definition) is 2. The summed E-state index contributed by atoms with van der Waals surface area (Å²) in [5, 5.41) is 8.99. The number of nitrogens with zero attached hydrogens (tertiary/aromatic N) is 1. The van der Waals surface area contributed by atoms with Crippen molar-refractivity contribution in [2.24, 2.45) is 11.8 Å². The van der Waals surface area contributed by atoms with Crippen LogP contribution in [0.15, 0.2) is 0 Å². The van der Waals surface area contributed by atoms with Gasteiger partial charge in [-0.05, 0) is 44.4 Å². The molecule has 2 atom stereocenters. The number of amides is 1. The van der Waals surface area contributed by atoms with Gasteiger partial charge in [0.2, 0.25) is 5.91 Å². The van der Waals surface area contributed by atoms with Gasteiger partial charge in [0.25, 0.3) is 0 Å². The molecule has 1 aliphatic carbocycles. The molecule has 4 nitrogen and oxygen atoms in total. The molecule has 0 spiro atoms. The number of aliphatic carboxylic acids is 1. The van der Waals surface area contributed by atoms with Crippen LogP contribution in [0, 0.1) is 11.8 Å². The molecular formula is C17H27NO3. The van der Waals surface area contributed by atoms with Gasteiger partial charge in [0.15, 0.2) is 0 Å². The maximum atomic E-state index is 12.9. The molecule has 1 N–H and O–H groups in total. The van der Waals surface area contributed by atoms with E-state index in [1.54, 1.807) is 0 Å². The SMILES string of the molecule is O=C(O)CC1CC2CCC(C1)N2C(=O)C1CCCCCC1. The third kappa shape index (κ3) is 3.24. The van der Waals surface area contributed by atoms with Gasteiger partial charge in [0, 0.05) is 24.4 Å². The van der Waals surface area contributed by atoms with Gasteiger partial charge in [-0.15, -0.1) is 0 Å². The van der Waals surface area contributed by atoms with E-state index in [2.05, 4.69) is 4.90 Å². The van der Waals surface area contributed by atoms with E-state index in [9.17, 15) is 9.59 Å². The molecule has 1 amide bonds. The molecule has 2 aliphatic heterocycles. The molecule has 0 aromatic carbocycles. The summed E-state index contributed by atoms with van der Waals surface area (Å²) in [5.74, 6) is 0.214. The Morgan fingerprint density at radius 3 is 2.00 bits per heavy atom. The highest BCUT2D eigenvalue weighted by Gasteiger charge is 2.44. The lowest BCUT2D eigenvalue weighted by molar-refractivity contribution is -0.142. The minimum absolute atomic E-state index is 0.242. The molecule has 3 rings (SSSR count). The number of piperidine rings is 1. The molecular weight excluding hydrogens is 266 g/mol. The highest BCUT2D eigenvalue weighted by Crippen LogP contribution is 2.41. The van der Waals surface area contributed by atoms with Crippen molar-refractivity contribution in [3.05, 3.63) is 0 Å². The Bertz CT molecular complexity index is 387. The monoisotopic (exact) mass is 293 g/mol. The summed E-state index contributed by atoms with van der Waals surface area (Å²) >= 11 is 0. The average molecular weight is 293 g/mol. The van der Waals surface area contributed by atoms with Gasteiger partial charge in [0.1, 0.15) is 0 Å². The fourth-order valence-electron chi connectivity index (χ4n) is 4.80. The molecule has 21 heavy (non-hydrogen) atoms. The van der Waals surface area contributed by atoms with Gasteiger partial charge in [-0.2, -0.15) is 0 Å². The number of carboxylic acids is 1. The number of carbonyl (C=O) groups excluding carboxylic acids is 1. The molecule has 0 aromatic rings. The second-order valence-corrected chi connectivity index (χ2v) is 7.25. The fraction of sp³-hybridized carbons (Fsp3) is 0.882. The lowest BCUT2D eigenvalue weighted by Gasteiger charge is -2.40. The van der Waals surface area contributed by atoms with Gasteiger partial charge >= 0.3 is 5.97 Å². The molecule has 0 radical (unpaired) electrons. The van der Waals surface area contributed by atoms with Crippen molar-refractivity contribution in [2.75, 3.05) is 0 Å². The molecule has 3 aliphatic rings. The summed E-state index contributed by atoms with van der Waals surface area (Å²) in [4.78, 5) is 26.0. The molecule has 3 fully saturated rings. The van der Waals surface area contributed by atoms with Crippen molar-refractivity contribution in [1.82, 2.24) is 4.90 Å². The van der Waals surface area contributed by atoms with Crippen molar-refractivity contribution < 1.29 is 14.7 Å². The third-order valence-electron chi connectivity index (χ3n) is 5.75. The van der Waals surface area contributed by atoms with Gasteiger partial charge in [-0.25, -0.2) is 0 Å². The van der Waals surface area contributed by atoms with Crippen LogP contribution in [0.1, 0.15) is 70.6 Å². The van der Waals surface area contributed by atoms with Crippen LogP contribution in [0.3, 0.4) is 0 Å². The zero-order valence-electron chi connectivity index (χ0n) is 12.8. The predicted octanol–water partition coefficient (Wildman–Crippen LogP) is 3.20. The lowest BCUT2D eigenvalue weighted by Crippen LogP contribution is -2.49. The van der Waals surface area contributed by atoms with Crippen LogP contribution >= 0.6 is 0 Å². The van der Waals surface area contributed by atoms with E-state index in [1.165, 1.54) is 25.7 Å².